The van der Waals surface area contributed by atoms with Crippen molar-refractivity contribution in [1.29, 1.82) is 0 Å². The Balaban J connectivity index is 2.08. The first-order valence-corrected chi connectivity index (χ1v) is 6.03. The van der Waals surface area contributed by atoms with E-state index in [2.05, 4.69) is 28.7 Å². The first-order valence-electron chi connectivity index (χ1n) is 6.03. The minimum Gasteiger partial charge on any atom is -0.353 e. The van der Waals surface area contributed by atoms with Gasteiger partial charge in [-0.1, -0.05) is 6.58 Å². The fraction of sp³-hybridized carbons (Fsp3) is 0.750. The molecule has 1 heterocycles. The third kappa shape index (κ3) is 5.28. The van der Waals surface area contributed by atoms with Crippen LogP contribution in [0, 0.1) is 0 Å². The molecule has 1 aliphatic rings. The molecule has 1 N–H and O–H groups in total. The topological polar surface area (TPSA) is 35.6 Å². The van der Waals surface area contributed by atoms with Crippen molar-refractivity contribution in [3.05, 3.63) is 12.7 Å². The summed E-state index contributed by atoms with van der Waals surface area (Å²) in [5.74, 6) is -0.0735. The molecular weight excluding hydrogens is 202 g/mol. The van der Waals surface area contributed by atoms with Gasteiger partial charge in [0.2, 0.25) is 5.91 Å². The van der Waals surface area contributed by atoms with Gasteiger partial charge in [0, 0.05) is 19.6 Å². The van der Waals surface area contributed by atoms with E-state index in [9.17, 15) is 4.79 Å². The molecule has 1 amide bonds. The third-order valence-corrected chi connectivity index (χ3v) is 2.95. The Morgan fingerprint density at radius 1 is 1.38 bits per heavy atom. The standard InChI is InChI=1S/C12H23N3O/c1-3-12(16)13-6-4-8-15-9-5-7-14(2)10-11-15/h3H,1,4-11H2,2H3,(H,13,16). The first kappa shape index (κ1) is 13.2. The average Bonchev–Trinajstić information content (AvgIpc) is 2.49. The zero-order valence-electron chi connectivity index (χ0n) is 10.2. The third-order valence-electron chi connectivity index (χ3n) is 2.95. The smallest absolute Gasteiger partial charge is 0.243 e. The number of nitrogens with zero attached hydrogens (tertiary/aromatic N) is 2. The van der Waals surface area contributed by atoms with Crippen LogP contribution in [0.5, 0.6) is 0 Å². The summed E-state index contributed by atoms with van der Waals surface area (Å²) in [6, 6.07) is 0. The van der Waals surface area contributed by atoms with E-state index in [1.165, 1.54) is 25.6 Å². The second kappa shape index (κ2) is 7.41. The molecule has 0 unspecified atom stereocenters. The van der Waals surface area contributed by atoms with E-state index >= 15 is 0 Å². The molecule has 0 saturated carbocycles. The van der Waals surface area contributed by atoms with Gasteiger partial charge in [-0.05, 0) is 45.6 Å². The molecule has 4 heteroatoms. The summed E-state index contributed by atoms with van der Waals surface area (Å²) in [5, 5.41) is 2.80. The maximum absolute atomic E-state index is 10.9. The highest BCUT2D eigenvalue weighted by atomic mass is 16.1. The molecule has 1 fully saturated rings. The molecule has 0 radical (unpaired) electrons. The van der Waals surface area contributed by atoms with Gasteiger partial charge in [-0.15, -0.1) is 0 Å². The van der Waals surface area contributed by atoms with E-state index in [4.69, 9.17) is 0 Å². The molecule has 0 aliphatic carbocycles. The molecule has 92 valence electrons. The molecule has 1 saturated heterocycles. The number of rotatable bonds is 5. The second-order valence-electron chi connectivity index (χ2n) is 4.35. The number of nitrogens with one attached hydrogen (secondary N) is 1. The molecule has 4 nitrogen and oxygen atoms in total. The van der Waals surface area contributed by atoms with Crippen LogP contribution in [0.15, 0.2) is 12.7 Å². The lowest BCUT2D eigenvalue weighted by Gasteiger charge is -2.19. The van der Waals surface area contributed by atoms with Crippen LogP contribution >= 0.6 is 0 Å². The van der Waals surface area contributed by atoms with E-state index in [0.717, 1.165) is 32.6 Å². The van der Waals surface area contributed by atoms with Crippen molar-refractivity contribution in [2.45, 2.75) is 12.8 Å². The Labute approximate surface area is 98.3 Å². The van der Waals surface area contributed by atoms with E-state index < -0.39 is 0 Å². The van der Waals surface area contributed by atoms with Gasteiger partial charge in [0.25, 0.3) is 0 Å². The lowest BCUT2D eigenvalue weighted by atomic mass is 10.3. The van der Waals surface area contributed by atoms with Crippen molar-refractivity contribution in [2.24, 2.45) is 0 Å². The second-order valence-corrected chi connectivity index (χ2v) is 4.35. The molecule has 0 bridgehead atoms. The summed E-state index contributed by atoms with van der Waals surface area (Å²) in [5.41, 5.74) is 0. The summed E-state index contributed by atoms with van der Waals surface area (Å²) in [6.45, 7) is 9.92. The highest BCUT2D eigenvalue weighted by Gasteiger charge is 2.10. The highest BCUT2D eigenvalue weighted by Crippen LogP contribution is 2.01. The molecule has 1 aliphatic heterocycles. The van der Waals surface area contributed by atoms with Crippen LogP contribution in [0.1, 0.15) is 12.8 Å². The molecule has 0 spiro atoms. The van der Waals surface area contributed by atoms with Crippen LogP contribution in [0.25, 0.3) is 0 Å². The quantitative estimate of drug-likeness (QED) is 0.540. The summed E-state index contributed by atoms with van der Waals surface area (Å²) in [6.07, 6.45) is 3.58. The zero-order chi connectivity index (χ0) is 11.8. The number of hydrogen-bond acceptors (Lipinski definition) is 3. The maximum Gasteiger partial charge on any atom is 0.243 e. The van der Waals surface area contributed by atoms with Crippen LogP contribution in [0.4, 0.5) is 0 Å². The van der Waals surface area contributed by atoms with Crippen molar-refractivity contribution in [1.82, 2.24) is 15.1 Å². The van der Waals surface area contributed by atoms with Crippen LogP contribution in [0.3, 0.4) is 0 Å². The van der Waals surface area contributed by atoms with Gasteiger partial charge >= 0.3 is 0 Å². The fourth-order valence-electron chi connectivity index (χ4n) is 1.91. The zero-order valence-corrected chi connectivity index (χ0v) is 10.2. The Bertz CT molecular complexity index is 230. The number of likely N-dealkylation sites (N-methyl/N-ethyl adjacent to an activating group) is 1. The van der Waals surface area contributed by atoms with E-state index in [1.807, 2.05) is 0 Å². The number of carbonyl (C=O) groups excluding carboxylic acids is 1. The summed E-state index contributed by atoms with van der Waals surface area (Å²) in [4.78, 5) is 15.8. The minimum atomic E-state index is -0.0735. The predicted octanol–water partition coefficient (Wildman–Crippen LogP) is 0.316. The number of hydrogen-bond donors (Lipinski definition) is 1. The first-order chi connectivity index (χ1) is 7.72. The predicted molar refractivity (Wildman–Crippen MR) is 66.4 cm³/mol. The number of carbonyl (C=O) groups is 1. The lowest BCUT2D eigenvalue weighted by molar-refractivity contribution is -0.116. The van der Waals surface area contributed by atoms with E-state index in [1.54, 1.807) is 0 Å². The largest absolute Gasteiger partial charge is 0.353 e. The van der Waals surface area contributed by atoms with Crippen LogP contribution in [-0.4, -0.2) is 62.0 Å². The van der Waals surface area contributed by atoms with Crippen molar-refractivity contribution in [2.75, 3.05) is 46.3 Å². The van der Waals surface area contributed by atoms with Gasteiger partial charge in [-0.3, -0.25) is 4.79 Å². The van der Waals surface area contributed by atoms with Gasteiger partial charge in [0.1, 0.15) is 0 Å². The number of amides is 1. The van der Waals surface area contributed by atoms with Crippen LogP contribution in [0.2, 0.25) is 0 Å². The Kier molecular flexibility index (Phi) is 6.11. The van der Waals surface area contributed by atoms with Gasteiger partial charge in [-0.25, -0.2) is 0 Å². The van der Waals surface area contributed by atoms with E-state index in [-0.39, 0.29) is 5.91 Å². The summed E-state index contributed by atoms with van der Waals surface area (Å²) >= 11 is 0. The summed E-state index contributed by atoms with van der Waals surface area (Å²) in [7, 11) is 2.17. The normalized spacial score (nSPS) is 19.1. The monoisotopic (exact) mass is 225 g/mol. The van der Waals surface area contributed by atoms with Crippen molar-refractivity contribution >= 4 is 5.91 Å². The molecule has 0 aromatic carbocycles. The Hall–Kier alpha value is -0.870. The Morgan fingerprint density at radius 3 is 2.94 bits per heavy atom. The molecule has 1 rings (SSSR count). The Morgan fingerprint density at radius 2 is 2.19 bits per heavy atom. The van der Waals surface area contributed by atoms with Gasteiger partial charge in [0.05, 0.1) is 0 Å². The van der Waals surface area contributed by atoms with Crippen LogP contribution in [-0.2, 0) is 4.79 Å². The minimum absolute atomic E-state index is 0.0735. The molecular formula is C12H23N3O. The lowest BCUT2D eigenvalue weighted by Crippen LogP contribution is -2.32. The van der Waals surface area contributed by atoms with Gasteiger partial charge < -0.3 is 15.1 Å². The van der Waals surface area contributed by atoms with Crippen molar-refractivity contribution < 1.29 is 4.79 Å². The molecule has 0 aromatic rings. The molecule has 0 atom stereocenters. The van der Waals surface area contributed by atoms with Crippen molar-refractivity contribution in [3.8, 4) is 0 Å². The maximum atomic E-state index is 10.9. The molecule has 0 aromatic heterocycles. The van der Waals surface area contributed by atoms with Crippen molar-refractivity contribution in [3.63, 3.8) is 0 Å². The average molecular weight is 225 g/mol. The van der Waals surface area contributed by atoms with Gasteiger partial charge in [0.15, 0.2) is 0 Å². The summed E-state index contributed by atoms with van der Waals surface area (Å²) < 4.78 is 0. The van der Waals surface area contributed by atoms with Crippen LogP contribution < -0.4 is 5.32 Å². The fourth-order valence-corrected chi connectivity index (χ4v) is 1.91. The highest BCUT2D eigenvalue weighted by molar-refractivity contribution is 5.86. The SMILES string of the molecule is C=CC(=O)NCCCN1CCCN(C)CC1. The van der Waals surface area contributed by atoms with Gasteiger partial charge in [-0.2, -0.15) is 0 Å². The van der Waals surface area contributed by atoms with E-state index in [0.29, 0.717) is 0 Å². The molecule has 16 heavy (non-hydrogen) atoms.